The van der Waals surface area contributed by atoms with Crippen LogP contribution in [0.25, 0.3) is 10.2 Å². The fraction of sp³-hybridized carbons (Fsp3) is 0.250. The Balaban J connectivity index is 1.73. The molecule has 0 aliphatic heterocycles. The Bertz CT molecular complexity index is 1040. The Labute approximate surface area is 166 Å². The van der Waals surface area contributed by atoms with Gasteiger partial charge in [-0.05, 0) is 56.7 Å². The summed E-state index contributed by atoms with van der Waals surface area (Å²) >= 11 is 1.17. The Morgan fingerprint density at radius 2 is 1.89 bits per heavy atom. The van der Waals surface area contributed by atoms with Crippen molar-refractivity contribution in [1.82, 2.24) is 4.98 Å². The van der Waals surface area contributed by atoms with Gasteiger partial charge in [0.1, 0.15) is 15.5 Å². The standard InChI is InChI=1S/C20H21N3O4S/c1-10-9-11(2)22-19-15(10)16(21)17(28-19)20(25)27-12(3)18(24)23-13-5-7-14(26-4)8-6-13/h5-9,12H,21H2,1-4H3,(H,23,24). The summed E-state index contributed by atoms with van der Waals surface area (Å²) < 4.78 is 10.4. The summed E-state index contributed by atoms with van der Waals surface area (Å²) in [6.07, 6.45) is -0.991. The first-order valence-corrected chi connectivity index (χ1v) is 9.44. The van der Waals surface area contributed by atoms with Crippen molar-refractivity contribution < 1.29 is 19.1 Å². The number of nitrogens with zero attached hydrogens (tertiary/aromatic N) is 1. The number of rotatable bonds is 5. The molecule has 0 aliphatic rings. The molecule has 3 aromatic rings. The SMILES string of the molecule is COc1ccc(NC(=O)C(C)OC(=O)c2sc3nc(C)cc(C)c3c2N)cc1. The van der Waals surface area contributed by atoms with Gasteiger partial charge >= 0.3 is 5.97 Å². The lowest BCUT2D eigenvalue weighted by molar-refractivity contribution is -0.123. The first kappa shape index (κ1) is 19.6. The van der Waals surface area contributed by atoms with Gasteiger partial charge in [0.05, 0.1) is 12.8 Å². The highest BCUT2D eigenvalue weighted by atomic mass is 32.1. The van der Waals surface area contributed by atoms with Crippen LogP contribution in [0.15, 0.2) is 30.3 Å². The molecular formula is C20H21N3O4S. The molecule has 1 unspecified atom stereocenters. The molecule has 0 aliphatic carbocycles. The highest BCUT2D eigenvalue weighted by Crippen LogP contribution is 2.35. The van der Waals surface area contributed by atoms with E-state index in [1.165, 1.54) is 18.3 Å². The molecule has 0 saturated carbocycles. The van der Waals surface area contributed by atoms with Crippen molar-refractivity contribution in [1.29, 1.82) is 0 Å². The first-order chi connectivity index (χ1) is 13.3. The third kappa shape index (κ3) is 3.91. The number of pyridine rings is 1. The predicted octanol–water partition coefficient (Wildman–Crippen LogP) is 3.69. The number of esters is 1. The van der Waals surface area contributed by atoms with Crippen LogP contribution in [0.4, 0.5) is 11.4 Å². The van der Waals surface area contributed by atoms with E-state index in [1.807, 2.05) is 19.9 Å². The average Bonchev–Trinajstić information content (AvgIpc) is 2.98. The van der Waals surface area contributed by atoms with Gasteiger partial charge in [-0.15, -0.1) is 11.3 Å². The van der Waals surface area contributed by atoms with Gasteiger partial charge in [-0.3, -0.25) is 4.79 Å². The molecule has 28 heavy (non-hydrogen) atoms. The van der Waals surface area contributed by atoms with E-state index in [0.29, 0.717) is 22.0 Å². The molecule has 1 aromatic carbocycles. The van der Waals surface area contributed by atoms with E-state index in [1.54, 1.807) is 31.4 Å². The number of nitrogens with two attached hydrogens (primary N) is 1. The van der Waals surface area contributed by atoms with Gasteiger partial charge in [0, 0.05) is 16.8 Å². The summed E-state index contributed by atoms with van der Waals surface area (Å²) in [5.74, 6) is -0.407. The molecule has 2 heterocycles. The third-order valence-corrected chi connectivity index (χ3v) is 5.30. The minimum Gasteiger partial charge on any atom is -0.497 e. The number of aromatic nitrogens is 1. The molecule has 0 bridgehead atoms. The summed E-state index contributed by atoms with van der Waals surface area (Å²) in [7, 11) is 1.56. The quantitative estimate of drug-likeness (QED) is 0.634. The second-order valence-corrected chi connectivity index (χ2v) is 7.37. The number of anilines is 2. The van der Waals surface area contributed by atoms with Crippen molar-refractivity contribution in [2.24, 2.45) is 0 Å². The maximum Gasteiger partial charge on any atom is 0.351 e. The zero-order valence-corrected chi connectivity index (χ0v) is 16.8. The maximum absolute atomic E-state index is 12.6. The van der Waals surface area contributed by atoms with Crippen LogP contribution < -0.4 is 15.8 Å². The van der Waals surface area contributed by atoms with Gasteiger partial charge in [-0.1, -0.05) is 0 Å². The number of benzene rings is 1. The smallest absolute Gasteiger partial charge is 0.351 e. The Kier molecular flexibility index (Phi) is 5.51. The Hall–Kier alpha value is -3.13. The number of amides is 1. The lowest BCUT2D eigenvalue weighted by Crippen LogP contribution is -2.29. The highest BCUT2D eigenvalue weighted by Gasteiger charge is 2.24. The monoisotopic (exact) mass is 399 g/mol. The number of methoxy groups -OCH3 is 1. The molecule has 3 rings (SSSR count). The molecular weight excluding hydrogens is 378 g/mol. The second-order valence-electron chi connectivity index (χ2n) is 6.37. The minimum absolute atomic E-state index is 0.250. The zero-order valence-electron chi connectivity index (χ0n) is 16.0. The van der Waals surface area contributed by atoms with Gasteiger partial charge in [0.15, 0.2) is 6.10 Å². The third-order valence-electron chi connectivity index (χ3n) is 4.22. The molecule has 1 amide bonds. The fourth-order valence-corrected chi connectivity index (χ4v) is 3.91. The fourth-order valence-electron chi connectivity index (χ4n) is 2.81. The largest absolute Gasteiger partial charge is 0.497 e. The zero-order chi connectivity index (χ0) is 20.4. The number of fused-ring (bicyclic) bond motifs is 1. The van der Waals surface area contributed by atoms with E-state index in [2.05, 4.69) is 10.3 Å². The number of ether oxygens (including phenoxy) is 2. The van der Waals surface area contributed by atoms with Crippen LogP contribution in [-0.2, 0) is 9.53 Å². The lowest BCUT2D eigenvalue weighted by atomic mass is 10.1. The molecule has 3 N–H and O–H groups in total. The normalized spacial score (nSPS) is 11.9. The number of hydrogen-bond acceptors (Lipinski definition) is 7. The summed E-state index contributed by atoms with van der Waals surface area (Å²) in [5, 5.41) is 3.44. The molecule has 0 radical (unpaired) electrons. The van der Waals surface area contributed by atoms with Gasteiger partial charge in [0.2, 0.25) is 0 Å². The van der Waals surface area contributed by atoms with E-state index >= 15 is 0 Å². The summed E-state index contributed by atoms with van der Waals surface area (Å²) in [4.78, 5) is 30.2. The number of nitrogens with one attached hydrogen (secondary N) is 1. The molecule has 8 heteroatoms. The summed E-state index contributed by atoms with van der Waals surface area (Å²) in [6.45, 7) is 5.31. The van der Waals surface area contributed by atoms with Crippen molar-refractivity contribution in [3.05, 3.63) is 46.5 Å². The van der Waals surface area contributed by atoms with Crippen LogP contribution in [0.3, 0.4) is 0 Å². The average molecular weight is 399 g/mol. The highest BCUT2D eigenvalue weighted by molar-refractivity contribution is 7.21. The first-order valence-electron chi connectivity index (χ1n) is 8.62. The van der Waals surface area contributed by atoms with Crippen molar-refractivity contribution in [2.45, 2.75) is 26.9 Å². The lowest BCUT2D eigenvalue weighted by Gasteiger charge is -2.13. The summed E-state index contributed by atoms with van der Waals surface area (Å²) in [6, 6.07) is 8.76. The maximum atomic E-state index is 12.6. The van der Waals surface area contributed by atoms with Crippen molar-refractivity contribution >= 4 is 44.8 Å². The van der Waals surface area contributed by atoms with Crippen LogP contribution in [-0.4, -0.2) is 30.1 Å². The Morgan fingerprint density at radius 3 is 2.54 bits per heavy atom. The molecule has 0 spiro atoms. The van der Waals surface area contributed by atoms with Crippen molar-refractivity contribution in [3.8, 4) is 5.75 Å². The Morgan fingerprint density at radius 1 is 1.21 bits per heavy atom. The van der Waals surface area contributed by atoms with Gasteiger partial charge < -0.3 is 20.5 Å². The molecule has 2 aromatic heterocycles. The predicted molar refractivity (Wildman–Crippen MR) is 110 cm³/mol. The van der Waals surface area contributed by atoms with Crippen LogP contribution in [0.1, 0.15) is 27.9 Å². The molecule has 7 nitrogen and oxygen atoms in total. The second kappa shape index (κ2) is 7.85. The molecule has 0 saturated heterocycles. The van der Waals surface area contributed by atoms with Gasteiger partial charge in [0.25, 0.3) is 5.91 Å². The van der Waals surface area contributed by atoms with E-state index in [0.717, 1.165) is 16.6 Å². The number of nitrogen functional groups attached to an aromatic ring is 1. The molecule has 146 valence electrons. The summed E-state index contributed by atoms with van der Waals surface area (Å²) in [5.41, 5.74) is 8.85. The van der Waals surface area contributed by atoms with Gasteiger partial charge in [-0.25, -0.2) is 9.78 Å². The van der Waals surface area contributed by atoms with Gasteiger partial charge in [-0.2, -0.15) is 0 Å². The number of carbonyl (C=O) groups excluding carboxylic acids is 2. The van der Waals surface area contributed by atoms with Crippen LogP contribution in [0.2, 0.25) is 0 Å². The number of thiophene rings is 1. The van der Waals surface area contributed by atoms with Crippen LogP contribution in [0, 0.1) is 13.8 Å². The molecule has 1 atom stereocenters. The van der Waals surface area contributed by atoms with Crippen LogP contribution in [0.5, 0.6) is 5.75 Å². The minimum atomic E-state index is -0.991. The van der Waals surface area contributed by atoms with E-state index < -0.39 is 18.0 Å². The number of carbonyl (C=O) groups is 2. The van der Waals surface area contributed by atoms with E-state index in [9.17, 15) is 9.59 Å². The van der Waals surface area contributed by atoms with Crippen LogP contribution >= 0.6 is 11.3 Å². The number of aryl methyl sites for hydroxylation is 2. The van der Waals surface area contributed by atoms with E-state index in [-0.39, 0.29) is 4.88 Å². The van der Waals surface area contributed by atoms with Crippen molar-refractivity contribution in [2.75, 3.05) is 18.2 Å². The number of hydrogen-bond donors (Lipinski definition) is 2. The molecule has 0 fully saturated rings. The van der Waals surface area contributed by atoms with Crippen molar-refractivity contribution in [3.63, 3.8) is 0 Å². The topological polar surface area (TPSA) is 104 Å². The van der Waals surface area contributed by atoms with E-state index in [4.69, 9.17) is 15.2 Å².